The molecule has 0 spiro atoms. The molecular formula is C32H64ClIKNaO3. The Morgan fingerprint density at radius 2 is 0.846 bits per heavy atom. The Morgan fingerprint density at radius 3 is 1.18 bits per heavy atom. The molecule has 7 heteroatoms. The van der Waals surface area contributed by atoms with E-state index in [9.17, 15) is 9.59 Å². The third-order valence-corrected chi connectivity index (χ3v) is 8.40. The third-order valence-electron chi connectivity index (χ3n) is 7.27. The van der Waals surface area contributed by atoms with E-state index in [4.69, 9.17) is 4.74 Å². The Bertz CT molecular complexity index is 512. The largest absolute Gasteiger partial charge is 1.00 e. The van der Waals surface area contributed by atoms with Crippen molar-refractivity contribution >= 4 is 46.9 Å². The number of halogens is 2. The van der Waals surface area contributed by atoms with E-state index >= 15 is 0 Å². The monoisotopic (exact) mass is 720 g/mol. The molecule has 0 saturated carbocycles. The second-order valence-electron chi connectivity index (χ2n) is 10.9. The second-order valence-corrected chi connectivity index (χ2v) is 12.4. The van der Waals surface area contributed by atoms with Gasteiger partial charge in [0.25, 0.3) is 0 Å². The number of carbonyl (C=O) groups excluding carboxylic acids is 2. The summed E-state index contributed by atoms with van der Waals surface area (Å²) in [6.45, 7) is 4.54. The quantitative estimate of drug-likeness (QED) is 0.0246. The van der Waals surface area contributed by atoms with Crippen LogP contribution in [0.5, 0.6) is 0 Å². The molecule has 3 nitrogen and oxygen atoms in total. The Balaban J connectivity index is -0.000000612. The van der Waals surface area contributed by atoms with Gasteiger partial charge < -0.3 is 7.59 Å². The average Bonchev–Trinajstić information content (AvgIpc) is 2.87. The zero-order chi connectivity index (χ0) is 26.5. The van der Waals surface area contributed by atoms with Gasteiger partial charge in [-0.1, -0.05) is 191 Å². The van der Waals surface area contributed by atoms with Crippen molar-refractivity contribution < 1.29 is 98.1 Å². The maximum atomic E-state index is 12.2. The molecule has 0 aromatic rings. The number of hydrogen-bond donors (Lipinski definition) is 0. The molecule has 0 rings (SSSR count). The summed E-state index contributed by atoms with van der Waals surface area (Å²) < 4.78 is 4.90. The summed E-state index contributed by atoms with van der Waals surface area (Å²) in [5, 5.41) is 0. The first-order chi connectivity index (χ1) is 17.6. The summed E-state index contributed by atoms with van der Waals surface area (Å²) in [6, 6.07) is 0. The predicted octanol–water partition coefficient (Wildman–Crippen LogP) is 6.09. The van der Waals surface area contributed by atoms with Gasteiger partial charge >= 0.3 is 92.9 Å². The standard InChI is InChI=1S/C32H61IO3.ClH.K.Na.2H/c1-3-5-7-9-11-13-15-17-19-21-23-25-27-29-31(34)36-32(35)30(33)28-26-24-22-20-18-16-14-12-10-8-6-4-2;;;;;/h30H,3-29H2,1-2H3;1H;;;;/q;;2*+1;2*-1. The molecule has 0 aliphatic rings. The zero-order valence-corrected chi connectivity index (χ0v) is 34.8. The van der Waals surface area contributed by atoms with Crippen molar-refractivity contribution in [3.05, 3.63) is 0 Å². The SMILES string of the molecule is CCCCCCCCCCCCCCCC(=O)OC(=O)C(I)CCCCCCCCCCCCCC.Cl.[H-].[H-].[K+].[Na+]. The molecule has 0 heterocycles. The molecule has 226 valence electrons. The van der Waals surface area contributed by atoms with Crippen LogP contribution in [-0.2, 0) is 14.3 Å². The van der Waals surface area contributed by atoms with Crippen LogP contribution < -0.4 is 80.9 Å². The van der Waals surface area contributed by atoms with E-state index in [0.29, 0.717) is 6.42 Å². The van der Waals surface area contributed by atoms with E-state index in [-0.39, 0.29) is 112 Å². The van der Waals surface area contributed by atoms with Crippen molar-refractivity contribution in [2.75, 3.05) is 0 Å². The third kappa shape index (κ3) is 38.8. The van der Waals surface area contributed by atoms with E-state index in [1.54, 1.807) is 0 Å². The van der Waals surface area contributed by atoms with Crippen LogP contribution in [0.2, 0.25) is 0 Å². The number of unbranched alkanes of at least 4 members (excludes halogenated alkanes) is 23. The molecule has 0 bridgehead atoms. The van der Waals surface area contributed by atoms with Crippen molar-refractivity contribution in [2.24, 2.45) is 0 Å². The van der Waals surface area contributed by atoms with Crippen molar-refractivity contribution in [3.8, 4) is 0 Å². The van der Waals surface area contributed by atoms with E-state index in [2.05, 4.69) is 36.4 Å². The first-order valence-electron chi connectivity index (χ1n) is 16.0. The maximum Gasteiger partial charge on any atom is 1.00 e. The summed E-state index contributed by atoms with van der Waals surface area (Å²) in [5.74, 6) is -0.669. The van der Waals surface area contributed by atoms with Gasteiger partial charge in [-0.05, 0) is 12.8 Å². The molecule has 0 aromatic heterocycles. The molecule has 39 heavy (non-hydrogen) atoms. The zero-order valence-electron chi connectivity index (χ0n) is 28.7. The van der Waals surface area contributed by atoms with Gasteiger partial charge in [0.2, 0.25) is 0 Å². The summed E-state index contributed by atoms with van der Waals surface area (Å²) >= 11 is 2.14. The van der Waals surface area contributed by atoms with E-state index in [1.807, 2.05) is 0 Å². The number of ether oxygens (including phenoxy) is 1. The minimum atomic E-state index is -0.335. The van der Waals surface area contributed by atoms with Crippen LogP contribution in [0.4, 0.5) is 0 Å². The number of hydrogen-bond acceptors (Lipinski definition) is 3. The van der Waals surface area contributed by atoms with Crippen molar-refractivity contribution in [3.63, 3.8) is 0 Å². The van der Waals surface area contributed by atoms with Crippen LogP contribution in [-0.4, -0.2) is 15.9 Å². The van der Waals surface area contributed by atoms with Gasteiger partial charge in [0.15, 0.2) is 0 Å². The molecule has 0 aliphatic heterocycles. The summed E-state index contributed by atoms with van der Waals surface area (Å²) in [5.41, 5.74) is 0. The van der Waals surface area contributed by atoms with Crippen LogP contribution >= 0.6 is 35.0 Å². The van der Waals surface area contributed by atoms with Gasteiger partial charge in [-0.15, -0.1) is 12.4 Å². The van der Waals surface area contributed by atoms with Gasteiger partial charge in [-0.25, -0.2) is 0 Å². The first kappa shape index (κ1) is 48.7. The van der Waals surface area contributed by atoms with Crippen LogP contribution in [0.15, 0.2) is 0 Å². The fraction of sp³-hybridized carbons (Fsp3) is 0.938. The Hall–Kier alpha value is 2.80. The molecule has 1 unspecified atom stereocenters. The molecule has 0 aromatic carbocycles. The Kier molecular flexibility index (Phi) is 50.9. The molecule has 1 atom stereocenters. The fourth-order valence-corrected chi connectivity index (χ4v) is 5.36. The summed E-state index contributed by atoms with van der Waals surface area (Å²) in [6.07, 6.45) is 33.7. The predicted molar refractivity (Wildman–Crippen MR) is 174 cm³/mol. The average molecular weight is 721 g/mol. The van der Waals surface area contributed by atoms with E-state index in [0.717, 1.165) is 25.7 Å². The van der Waals surface area contributed by atoms with Crippen LogP contribution in [0.3, 0.4) is 0 Å². The second kappa shape index (κ2) is 40.8. The number of carbonyl (C=O) groups is 2. The van der Waals surface area contributed by atoms with Gasteiger partial charge in [0.05, 0.1) is 0 Å². The maximum absolute atomic E-state index is 12.2. The minimum absolute atomic E-state index is 0. The summed E-state index contributed by atoms with van der Waals surface area (Å²) in [4.78, 5) is 24.2. The summed E-state index contributed by atoms with van der Waals surface area (Å²) in [7, 11) is 0. The number of rotatable bonds is 28. The van der Waals surface area contributed by atoms with Crippen molar-refractivity contribution in [1.82, 2.24) is 0 Å². The van der Waals surface area contributed by atoms with Crippen LogP contribution in [0.25, 0.3) is 0 Å². The van der Waals surface area contributed by atoms with E-state index in [1.165, 1.54) is 141 Å². The molecule has 0 aliphatic carbocycles. The molecule has 0 fully saturated rings. The smallest absolute Gasteiger partial charge is 1.00 e. The number of alkyl halides is 1. The van der Waals surface area contributed by atoms with Crippen LogP contribution in [0, 0.1) is 0 Å². The van der Waals surface area contributed by atoms with Gasteiger partial charge in [0.1, 0.15) is 3.92 Å². The molecule has 0 N–H and O–H groups in total. The topological polar surface area (TPSA) is 43.4 Å². The van der Waals surface area contributed by atoms with Gasteiger partial charge in [-0.2, -0.15) is 0 Å². The van der Waals surface area contributed by atoms with Crippen LogP contribution in [0.1, 0.15) is 190 Å². The Labute approximate surface area is 331 Å². The van der Waals surface area contributed by atoms with Gasteiger partial charge in [0, 0.05) is 6.42 Å². The van der Waals surface area contributed by atoms with Crippen molar-refractivity contribution in [2.45, 2.75) is 191 Å². The van der Waals surface area contributed by atoms with Gasteiger partial charge in [-0.3, -0.25) is 9.59 Å². The first-order valence-corrected chi connectivity index (χ1v) is 17.2. The molecular weight excluding hydrogens is 657 g/mol. The van der Waals surface area contributed by atoms with Crippen molar-refractivity contribution in [1.29, 1.82) is 0 Å². The minimum Gasteiger partial charge on any atom is -1.00 e. The fourth-order valence-electron chi connectivity index (χ4n) is 4.80. The molecule has 0 radical (unpaired) electrons. The van der Waals surface area contributed by atoms with E-state index < -0.39 is 0 Å². The normalized spacial score (nSPS) is 11.2. The molecule has 0 saturated heterocycles. The number of esters is 2. The molecule has 0 amide bonds. The Morgan fingerprint density at radius 1 is 0.564 bits per heavy atom.